The third-order valence-corrected chi connectivity index (χ3v) is 3.60. The summed E-state index contributed by atoms with van der Waals surface area (Å²) >= 11 is 0. The molecule has 6 heteroatoms. The zero-order valence-corrected chi connectivity index (χ0v) is 11.9. The number of esters is 1. The van der Waals surface area contributed by atoms with Crippen LogP contribution in [0.1, 0.15) is 29.6 Å². The van der Waals surface area contributed by atoms with Crippen LogP contribution in [0.2, 0.25) is 0 Å². The number of nitrogens with one attached hydrogen (secondary N) is 2. The highest BCUT2D eigenvalue weighted by Crippen LogP contribution is 2.20. The van der Waals surface area contributed by atoms with Gasteiger partial charge in [-0.15, -0.1) is 0 Å². The lowest BCUT2D eigenvalue weighted by atomic mass is 10.0. The maximum atomic E-state index is 13.2. The van der Waals surface area contributed by atoms with Gasteiger partial charge in [0.1, 0.15) is 5.82 Å². The molecule has 1 aliphatic rings. The lowest BCUT2D eigenvalue weighted by molar-refractivity contribution is -0.116. The number of ether oxygens (including phenoxy) is 1. The van der Waals surface area contributed by atoms with Crippen molar-refractivity contribution in [3.8, 4) is 0 Å². The number of methoxy groups -OCH3 is 1. The Balaban J connectivity index is 1.97. The molecule has 0 bridgehead atoms. The Morgan fingerprint density at radius 1 is 1.48 bits per heavy atom. The average Bonchev–Trinajstić information content (AvgIpc) is 2.99. The van der Waals surface area contributed by atoms with Gasteiger partial charge >= 0.3 is 5.97 Å². The van der Waals surface area contributed by atoms with E-state index in [1.807, 2.05) is 0 Å². The normalized spacial score (nSPS) is 17.5. The summed E-state index contributed by atoms with van der Waals surface area (Å²) in [6.45, 7) is 1.94. The van der Waals surface area contributed by atoms with Gasteiger partial charge < -0.3 is 15.4 Å². The summed E-state index contributed by atoms with van der Waals surface area (Å²) < 4.78 is 17.8. The van der Waals surface area contributed by atoms with Crippen molar-refractivity contribution < 1.29 is 18.7 Å². The van der Waals surface area contributed by atoms with E-state index in [0.717, 1.165) is 32.0 Å². The van der Waals surface area contributed by atoms with Crippen LogP contribution in [-0.4, -0.2) is 32.1 Å². The molecule has 1 aromatic rings. The standard InChI is InChI=1S/C15H19FN2O3/c1-21-15(20)12-8-11(16)3-4-13(12)18-14(19)5-2-10-6-7-17-9-10/h3-4,8,10,17H,2,5-7,9H2,1H3,(H,18,19). The van der Waals surface area contributed by atoms with Crippen molar-refractivity contribution in [1.29, 1.82) is 0 Å². The minimum absolute atomic E-state index is 0.0217. The van der Waals surface area contributed by atoms with Crippen LogP contribution < -0.4 is 10.6 Å². The van der Waals surface area contributed by atoms with Gasteiger partial charge in [-0.1, -0.05) is 0 Å². The van der Waals surface area contributed by atoms with Gasteiger partial charge in [0, 0.05) is 6.42 Å². The molecule has 1 aromatic carbocycles. The Hall–Kier alpha value is -1.95. The van der Waals surface area contributed by atoms with Crippen LogP contribution >= 0.6 is 0 Å². The summed E-state index contributed by atoms with van der Waals surface area (Å²) in [4.78, 5) is 23.5. The van der Waals surface area contributed by atoms with E-state index < -0.39 is 11.8 Å². The molecule has 0 radical (unpaired) electrons. The second-order valence-corrected chi connectivity index (χ2v) is 5.13. The van der Waals surface area contributed by atoms with Crippen molar-refractivity contribution in [3.63, 3.8) is 0 Å². The van der Waals surface area contributed by atoms with Gasteiger partial charge in [-0.2, -0.15) is 0 Å². The van der Waals surface area contributed by atoms with Crippen LogP contribution in [0, 0.1) is 11.7 Å². The summed E-state index contributed by atoms with van der Waals surface area (Å²) in [5.41, 5.74) is 0.297. The molecule has 1 heterocycles. The lowest BCUT2D eigenvalue weighted by Gasteiger charge is -2.11. The summed E-state index contributed by atoms with van der Waals surface area (Å²) in [6.07, 6.45) is 2.26. The highest BCUT2D eigenvalue weighted by molar-refractivity contribution is 6.01. The van der Waals surface area contributed by atoms with Gasteiger partial charge in [0.05, 0.1) is 18.4 Å². The quantitative estimate of drug-likeness (QED) is 0.814. The molecule has 1 aliphatic heterocycles. The number of halogens is 1. The first-order chi connectivity index (χ1) is 10.1. The summed E-state index contributed by atoms with van der Waals surface area (Å²) in [7, 11) is 1.21. The van der Waals surface area contributed by atoms with Crippen molar-refractivity contribution in [2.45, 2.75) is 19.3 Å². The number of amides is 1. The zero-order chi connectivity index (χ0) is 15.2. The van der Waals surface area contributed by atoms with Crippen molar-refractivity contribution in [3.05, 3.63) is 29.6 Å². The van der Waals surface area contributed by atoms with Crippen LogP contribution in [0.25, 0.3) is 0 Å². The van der Waals surface area contributed by atoms with Crippen molar-refractivity contribution in [2.24, 2.45) is 5.92 Å². The van der Waals surface area contributed by atoms with Gasteiger partial charge in [-0.05, 0) is 50.0 Å². The summed E-state index contributed by atoms with van der Waals surface area (Å²) in [5, 5.41) is 5.90. The molecule has 1 fully saturated rings. The third-order valence-electron chi connectivity index (χ3n) is 3.60. The van der Waals surface area contributed by atoms with Crippen LogP contribution in [0.4, 0.5) is 10.1 Å². The minimum atomic E-state index is -0.676. The Morgan fingerprint density at radius 2 is 2.29 bits per heavy atom. The fourth-order valence-corrected chi connectivity index (χ4v) is 2.41. The maximum Gasteiger partial charge on any atom is 0.340 e. The van der Waals surface area contributed by atoms with Crippen molar-refractivity contribution in [1.82, 2.24) is 5.32 Å². The lowest BCUT2D eigenvalue weighted by Crippen LogP contribution is -2.17. The van der Waals surface area contributed by atoms with E-state index in [1.54, 1.807) is 0 Å². The molecule has 21 heavy (non-hydrogen) atoms. The Kier molecular flexibility index (Phi) is 5.27. The Morgan fingerprint density at radius 3 is 2.95 bits per heavy atom. The van der Waals surface area contributed by atoms with E-state index >= 15 is 0 Å². The molecule has 1 amide bonds. The minimum Gasteiger partial charge on any atom is -0.465 e. The fourth-order valence-electron chi connectivity index (χ4n) is 2.41. The second kappa shape index (κ2) is 7.17. The highest BCUT2D eigenvalue weighted by Gasteiger charge is 2.18. The number of anilines is 1. The van der Waals surface area contributed by atoms with Gasteiger partial charge in [0.15, 0.2) is 0 Å². The molecule has 0 spiro atoms. The van der Waals surface area contributed by atoms with Crippen LogP contribution in [0.3, 0.4) is 0 Å². The van der Waals surface area contributed by atoms with E-state index in [1.165, 1.54) is 19.2 Å². The first kappa shape index (κ1) is 15.4. The fraction of sp³-hybridized carbons (Fsp3) is 0.467. The SMILES string of the molecule is COC(=O)c1cc(F)ccc1NC(=O)CCC1CCNC1. The molecule has 1 unspecified atom stereocenters. The Bertz CT molecular complexity index is 528. The number of carbonyl (C=O) groups is 2. The molecule has 0 aliphatic carbocycles. The number of rotatable bonds is 5. The molecule has 1 atom stereocenters. The molecule has 2 rings (SSSR count). The summed E-state index contributed by atoms with van der Waals surface area (Å²) in [6, 6.07) is 3.63. The number of hydrogen-bond donors (Lipinski definition) is 2. The van der Waals surface area contributed by atoms with Crippen LogP contribution in [-0.2, 0) is 9.53 Å². The highest BCUT2D eigenvalue weighted by atomic mass is 19.1. The maximum absolute atomic E-state index is 13.2. The first-order valence-corrected chi connectivity index (χ1v) is 6.98. The van der Waals surface area contributed by atoms with E-state index in [9.17, 15) is 14.0 Å². The Labute approximate surface area is 122 Å². The zero-order valence-electron chi connectivity index (χ0n) is 11.9. The molecular formula is C15H19FN2O3. The van der Waals surface area contributed by atoms with E-state index in [2.05, 4.69) is 15.4 Å². The number of benzene rings is 1. The van der Waals surface area contributed by atoms with E-state index in [-0.39, 0.29) is 17.2 Å². The van der Waals surface area contributed by atoms with Crippen molar-refractivity contribution in [2.75, 3.05) is 25.5 Å². The van der Waals surface area contributed by atoms with Gasteiger partial charge in [0.25, 0.3) is 0 Å². The van der Waals surface area contributed by atoms with Gasteiger partial charge in [-0.3, -0.25) is 4.79 Å². The predicted octanol–water partition coefficient (Wildman–Crippen LogP) is 1.94. The molecule has 114 valence electrons. The first-order valence-electron chi connectivity index (χ1n) is 6.98. The average molecular weight is 294 g/mol. The smallest absolute Gasteiger partial charge is 0.340 e. The monoisotopic (exact) mass is 294 g/mol. The van der Waals surface area contributed by atoms with Crippen LogP contribution in [0.5, 0.6) is 0 Å². The molecular weight excluding hydrogens is 275 g/mol. The predicted molar refractivity (Wildman–Crippen MR) is 76.6 cm³/mol. The molecule has 0 saturated carbocycles. The second-order valence-electron chi connectivity index (χ2n) is 5.13. The van der Waals surface area contributed by atoms with E-state index in [0.29, 0.717) is 12.3 Å². The van der Waals surface area contributed by atoms with Crippen molar-refractivity contribution >= 4 is 17.6 Å². The largest absolute Gasteiger partial charge is 0.465 e. The molecule has 1 saturated heterocycles. The van der Waals surface area contributed by atoms with Crippen LogP contribution in [0.15, 0.2) is 18.2 Å². The molecule has 5 nitrogen and oxygen atoms in total. The number of hydrogen-bond acceptors (Lipinski definition) is 4. The molecule has 2 N–H and O–H groups in total. The topological polar surface area (TPSA) is 67.4 Å². The van der Waals surface area contributed by atoms with Gasteiger partial charge in [0.2, 0.25) is 5.91 Å². The number of carbonyl (C=O) groups excluding carboxylic acids is 2. The third kappa shape index (κ3) is 4.26. The molecule has 0 aromatic heterocycles. The van der Waals surface area contributed by atoms with Gasteiger partial charge in [-0.25, -0.2) is 9.18 Å². The van der Waals surface area contributed by atoms with E-state index in [4.69, 9.17) is 0 Å². The summed E-state index contributed by atoms with van der Waals surface area (Å²) in [5.74, 6) is -0.891.